The van der Waals surface area contributed by atoms with E-state index in [9.17, 15) is 0 Å². The fourth-order valence-electron chi connectivity index (χ4n) is 6.25. The molecular formula is C43H27N3O. The molecule has 0 unspecified atom stereocenters. The van der Waals surface area contributed by atoms with Gasteiger partial charge in [-0.1, -0.05) is 140 Å². The number of hydrogen-bond donors (Lipinski definition) is 0. The standard InChI is InChI=1S/C43H27N3O/c1-2-8-28(9-3-1)30-14-19-32(20-15-30)41-44-42(33-21-16-31(17-22-33)35-23-18-29-10-4-5-11-34(29)26-35)46-43(45-41)36-24-25-38-37-12-6-7-13-39(37)47-40(38)27-36/h1-27H. The number of hydrogen-bond acceptors (Lipinski definition) is 4. The predicted octanol–water partition coefficient (Wildman–Crippen LogP) is 11.3. The van der Waals surface area contributed by atoms with Crippen LogP contribution in [0.3, 0.4) is 0 Å². The largest absolute Gasteiger partial charge is 0.456 e. The van der Waals surface area contributed by atoms with E-state index < -0.39 is 0 Å². The summed E-state index contributed by atoms with van der Waals surface area (Å²) in [6.45, 7) is 0. The average Bonchev–Trinajstić information content (AvgIpc) is 3.53. The molecule has 0 atom stereocenters. The van der Waals surface area contributed by atoms with Crippen molar-refractivity contribution in [3.8, 4) is 56.4 Å². The second-order valence-corrected chi connectivity index (χ2v) is 11.7. The number of rotatable bonds is 5. The van der Waals surface area contributed by atoms with Crippen LogP contribution in [-0.2, 0) is 0 Å². The van der Waals surface area contributed by atoms with Crippen LogP contribution in [0.5, 0.6) is 0 Å². The van der Waals surface area contributed by atoms with Gasteiger partial charge in [0.1, 0.15) is 11.2 Å². The zero-order valence-electron chi connectivity index (χ0n) is 25.3. The Balaban J connectivity index is 1.14. The predicted molar refractivity (Wildman–Crippen MR) is 192 cm³/mol. The molecule has 47 heavy (non-hydrogen) atoms. The van der Waals surface area contributed by atoms with E-state index in [0.717, 1.165) is 49.8 Å². The second kappa shape index (κ2) is 11.2. The van der Waals surface area contributed by atoms with E-state index >= 15 is 0 Å². The number of furan rings is 1. The first-order valence-electron chi connectivity index (χ1n) is 15.7. The van der Waals surface area contributed by atoms with Crippen molar-refractivity contribution in [2.75, 3.05) is 0 Å². The second-order valence-electron chi connectivity index (χ2n) is 11.7. The van der Waals surface area contributed by atoms with Gasteiger partial charge in [-0.2, -0.15) is 0 Å². The van der Waals surface area contributed by atoms with Gasteiger partial charge in [0, 0.05) is 27.5 Å². The topological polar surface area (TPSA) is 51.8 Å². The molecule has 4 nitrogen and oxygen atoms in total. The zero-order chi connectivity index (χ0) is 31.2. The van der Waals surface area contributed by atoms with Crippen LogP contribution < -0.4 is 0 Å². The van der Waals surface area contributed by atoms with E-state index in [1.807, 2.05) is 30.3 Å². The highest BCUT2D eigenvalue weighted by Gasteiger charge is 2.15. The number of fused-ring (bicyclic) bond motifs is 4. The summed E-state index contributed by atoms with van der Waals surface area (Å²) in [5.41, 5.74) is 9.00. The SMILES string of the molecule is c1ccc(-c2ccc(-c3nc(-c4ccc(-c5ccc6ccccc6c5)cc4)nc(-c4ccc5c(c4)oc4ccccc45)n3)cc2)cc1. The zero-order valence-corrected chi connectivity index (χ0v) is 25.3. The van der Waals surface area contributed by atoms with E-state index in [1.54, 1.807) is 0 Å². The van der Waals surface area contributed by atoms with Crippen LogP contribution in [0.2, 0.25) is 0 Å². The van der Waals surface area contributed by atoms with Crippen molar-refractivity contribution in [1.29, 1.82) is 0 Å². The summed E-state index contributed by atoms with van der Waals surface area (Å²) in [5.74, 6) is 1.83. The van der Waals surface area contributed by atoms with Gasteiger partial charge >= 0.3 is 0 Å². The molecule has 2 heterocycles. The molecule has 0 spiro atoms. The molecule has 7 aromatic carbocycles. The minimum absolute atomic E-state index is 0.595. The monoisotopic (exact) mass is 601 g/mol. The number of aromatic nitrogens is 3. The van der Waals surface area contributed by atoms with Gasteiger partial charge in [0.2, 0.25) is 0 Å². The van der Waals surface area contributed by atoms with Crippen molar-refractivity contribution in [1.82, 2.24) is 15.0 Å². The van der Waals surface area contributed by atoms with Gasteiger partial charge in [-0.15, -0.1) is 0 Å². The normalized spacial score (nSPS) is 11.4. The molecule has 0 radical (unpaired) electrons. The van der Waals surface area contributed by atoms with Crippen LogP contribution in [0.25, 0.3) is 89.1 Å². The highest BCUT2D eigenvalue weighted by Crippen LogP contribution is 2.33. The molecule has 0 aliphatic carbocycles. The number of para-hydroxylation sites is 1. The third-order valence-electron chi connectivity index (χ3n) is 8.75. The summed E-state index contributed by atoms with van der Waals surface area (Å²) in [6, 6.07) is 56.5. The maximum atomic E-state index is 6.21. The lowest BCUT2D eigenvalue weighted by Crippen LogP contribution is -2.00. The lowest BCUT2D eigenvalue weighted by molar-refractivity contribution is 0.669. The van der Waals surface area contributed by atoms with Crippen molar-refractivity contribution in [3.63, 3.8) is 0 Å². The fraction of sp³-hybridized carbons (Fsp3) is 0. The van der Waals surface area contributed by atoms with Gasteiger partial charge in [0.05, 0.1) is 0 Å². The Hall–Kier alpha value is -6.39. The Bertz CT molecular complexity index is 2550. The van der Waals surface area contributed by atoms with Crippen LogP contribution >= 0.6 is 0 Å². The minimum Gasteiger partial charge on any atom is -0.456 e. The van der Waals surface area contributed by atoms with Gasteiger partial charge < -0.3 is 4.42 Å². The molecule has 0 fully saturated rings. The molecule has 0 N–H and O–H groups in total. The molecule has 0 saturated carbocycles. The third kappa shape index (κ3) is 5.02. The first-order valence-corrected chi connectivity index (χ1v) is 15.7. The third-order valence-corrected chi connectivity index (χ3v) is 8.75. The van der Waals surface area contributed by atoms with Crippen LogP contribution in [0.1, 0.15) is 0 Å². The highest BCUT2D eigenvalue weighted by atomic mass is 16.3. The summed E-state index contributed by atoms with van der Waals surface area (Å²) < 4.78 is 6.21. The van der Waals surface area contributed by atoms with E-state index in [-0.39, 0.29) is 0 Å². The molecule has 0 bridgehead atoms. The summed E-state index contributed by atoms with van der Waals surface area (Å²) in [7, 11) is 0. The van der Waals surface area contributed by atoms with Crippen LogP contribution in [-0.4, -0.2) is 15.0 Å². The van der Waals surface area contributed by atoms with Crippen LogP contribution in [0, 0.1) is 0 Å². The first kappa shape index (κ1) is 27.0. The Kier molecular flexibility index (Phi) is 6.43. The Morgan fingerprint density at radius 2 is 0.787 bits per heavy atom. The van der Waals surface area contributed by atoms with Crippen molar-refractivity contribution in [2.24, 2.45) is 0 Å². The fourth-order valence-corrected chi connectivity index (χ4v) is 6.25. The van der Waals surface area contributed by atoms with Crippen molar-refractivity contribution in [3.05, 3.63) is 164 Å². The average molecular weight is 602 g/mol. The smallest absolute Gasteiger partial charge is 0.164 e. The molecule has 0 aliphatic heterocycles. The minimum atomic E-state index is 0.595. The number of benzene rings is 7. The number of nitrogens with zero attached hydrogens (tertiary/aromatic N) is 3. The first-order chi connectivity index (χ1) is 23.2. The van der Waals surface area contributed by atoms with Gasteiger partial charge in [0.15, 0.2) is 17.5 Å². The van der Waals surface area contributed by atoms with E-state index in [2.05, 4.69) is 133 Å². The van der Waals surface area contributed by atoms with Crippen molar-refractivity contribution < 1.29 is 4.42 Å². The molecule has 0 saturated heterocycles. The van der Waals surface area contributed by atoms with E-state index in [4.69, 9.17) is 19.4 Å². The van der Waals surface area contributed by atoms with Gasteiger partial charge in [-0.25, -0.2) is 15.0 Å². The summed E-state index contributed by atoms with van der Waals surface area (Å²) in [5, 5.41) is 4.62. The molecule has 4 heteroatoms. The Labute approximate surface area is 271 Å². The van der Waals surface area contributed by atoms with Crippen molar-refractivity contribution in [2.45, 2.75) is 0 Å². The van der Waals surface area contributed by atoms with E-state index in [1.165, 1.54) is 21.9 Å². The lowest BCUT2D eigenvalue weighted by Gasteiger charge is -2.10. The molecule has 0 amide bonds. The maximum absolute atomic E-state index is 6.21. The molecule has 9 aromatic rings. The molecule has 220 valence electrons. The van der Waals surface area contributed by atoms with Crippen LogP contribution in [0.4, 0.5) is 0 Å². The maximum Gasteiger partial charge on any atom is 0.164 e. The van der Waals surface area contributed by atoms with Gasteiger partial charge in [-0.3, -0.25) is 0 Å². The summed E-state index contributed by atoms with van der Waals surface area (Å²) in [6.07, 6.45) is 0. The lowest BCUT2D eigenvalue weighted by atomic mass is 10.00. The highest BCUT2D eigenvalue weighted by molar-refractivity contribution is 6.05. The Morgan fingerprint density at radius 3 is 1.51 bits per heavy atom. The van der Waals surface area contributed by atoms with Gasteiger partial charge in [-0.05, 0) is 57.3 Å². The quantitative estimate of drug-likeness (QED) is 0.197. The molecule has 0 aliphatic rings. The van der Waals surface area contributed by atoms with E-state index in [0.29, 0.717) is 17.5 Å². The van der Waals surface area contributed by atoms with Gasteiger partial charge in [0.25, 0.3) is 0 Å². The van der Waals surface area contributed by atoms with Crippen molar-refractivity contribution >= 4 is 32.7 Å². The summed E-state index contributed by atoms with van der Waals surface area (Å²) in [4.78, 5) is 15.0. The molecule has 2 aromatic heterocycles. The molecule has 9 rings (SSSR count). The van der Waals surface area contributed by atoms with Crippen LogP contribution in [0.15, 0.2) is 168 Å². The summed E-state index contributed by atoms with van der Waals surface area (Å²) >= 11 is 0. The molecular weight excluding hydrogens is 574 g/mol. The Morgan fingerprint density at radius 1 is 0.298 bits per heavy atom.